The molecule has 0 aromatic carbocycles. The van der Waals surface area contributed by atoms with Crippen molar-refractivity contribution < 1.29 is 69.5 Å². The Morgan fingerprint density at radius 2 is 1.47 bits per heavy atom. The van der Waals surface area contributed by atoms with Crippen LogP contribution in [-0.4, -0.2) is 184 Å². The third-order valence-electron chi connectivity index (χ3n) is 9.39. The lowest BCUT2D eigenvalue weighted by atomic mass is 10.0. The zero-order chi connectivity index (χ0) is 44.4. The number of hydrogen-bond acceptors (Lipinski definition) is 24. The zero-order valence-electron chi connectivity index (χ0n) is 31.7. The number of nitrogens with zero attached hydrogens (tertiary/aromatic N) is 8. The average Bonchev–Trinajstić information content (AvgIpc) is 3.98. The van der Waals surface area contributed by atoms with Crippen LogP contribution in [0.3, 0.4) is 0 Å². The first kappa shape index (κ1) is 45.9. The third-order valence-corrected chi connectivity index (χ3v) is 9.93. The summed E-state index contributed by atoms with van der Waals surface area (Å²) >= 11 is 1.16. The number of urea groups is 1. The van der Waals surface area contributed by atoms with Gasteiger partial charge in [-0.1, -0.05) is 11.8 Å². The molecule has 0 saturated carbocycles. The number of anilines is 2. The highest BCUT2D eigenvalue weighted by Gasteiger charge is 2.61. The van der Waals surface area contributed by atoms with Gasteiger partial charge in [0.15, 0.2) is 39.8 Å². The Labute approximate surface area is 341 Å². The number of nitrogens with two attached hydrogens (primary N) is 3. The van der Waals surface area contributed by atoms with E-state index in [9.17, 15) is 60.0 Å². The Kier molecular flexibility index (Phi) is 14.3. The van der Waals surface area contributed by atoms with Gasteiger partial charge in [-0.05, 0) is 20.1 Å². The number of carbonyl (C=O) groups excluding carboxylic acids is 4. The normalized spacial score (nSPS) is 27.1. The molecule has 28 nitrogen and oxygen atoms in total. The minimum Gasteiger partial charge on any atom is -0.394 e. The monoisotopic (exact) mass is 868 g/mol. The number of rotatable bonds is 11. The number of amides is 5. The lowest BCUT2D eigenvalue weighted by molar-refractivity contribution is -0.177. The summed E-state index contributed by atoms with van der Waals surface area (Å²) in [5.74, 6) is -3.22. The van der Waals surface area contributed by atoms with Gasteiger partial charge in [-0.3, -0.25) is 39.5 Å². The van der Waals surface area contributed by atoms with E-state index in [-0.39, 0.29) is 39.1 Å². The highest BCUT2D eigenvalue weighted by atomic mass is 32.2. The lowest BCUT2D eigenvalue weighted by Crippen LogP contribution is -2.60. The second kappa shape index (κ2) is 18.6. The molecule has 6 rings (SSSR count). The van der Waals surface area contributed by atoms with Gasteiger partial charge >= 0.3 is 6.03 Å². The molecule has 2 aliphatic rings. The van der Waals surface area contributed by atoms with Crippen molar-refractivity contribution >= 4 is 69.5 Å². The van der Waals surface area contributed by atoms with Gasteiger partial charge < -0.3 is 67.5 Å². The Bertz CT molecular complexity index is 2210. The Morgan fingerprint density at radius 1 is 0.850 bits per heavy atom. The maximum Gasteiger partial charge on any atom is 0.327 e. The molecule has 17 N–H and O–H groups in total. The zero-order valence-corrected chi connectivity index (χ0v) is 32.6. The van der Waals surface area contributed by atoms with Crippen LogP contribution in [0.25, 0.3) is 22.3 Å². The molecule has 328 valence electrons. The van der Waals surface area contributed by atoms with Crippen molar-refractivity contribution in [2.24, 2.45) is 11.5 Å². The second-order valence-electron chi connectivity index (χ2n) is 13.4. The molecular formula is C31H44N14O14S. The van der Waals surface area contributed by atoms with Crippen molar-refractivity contribution in [3.63, 3.8) is 0 Å². The first-order valence-electron chi connectivity index (χ1n) is 17.7. The number of imidazole rings is 2. The molecule has 29 heteroatoms. The van der Waals surface area contributed by atoms with E-state index in [1.54, 1.807) is 6.26 Å². The smallest absolute Gasteiger partial charge is 0.327 e. The van der Waals surface area contributed by atoms with Crippen LogP contribution in [0.1, 0.15) is 20.1 Å². The first-order chi connectivity index (χ1) is 28.3. The summed E-state index contributed by atoms with van der Waals surface area (Å²) in [4.78, 5) is 73.7. The molecule has 0 bridgehead atoms. The summed E-state index contributed by atoms with van der Waals surface area (Å²) in [6, 6.07) is -3.70. The molecule has 2 aliphatic heterocycles. The van der Waals surface area contributed by atoms with Gasteiger partial charge in [0.2, 0.25) is 11.8 Å². The van der Waals surface area contributed by atoms with Crippen LogP contribution in [0.4, 0.5) is 16.4 Å². The summed E-state index contributed by atoms with van der Waals surface area (Å²) in [6.45, 7) is 1.32. The number of aliphatic hydroxyl groups is 8. The Hall–Kier alpha value is -5.15. The van der Waals surface area contributed by atoms with E-state index in [1.165, 1.54) is 24.7 Å². The van der Waals surface area contributed by atoms with Crippen LogP contribution in [-0.2, 0) is 29.6 Å². The highest BCUT2D eigenvalue weighted by molar-refractivity contribution is 7.98. The molecule has 0 spiro atoms. The molecule has 4 aromatic heterocycles. The molecular weight excluding hydrogens is 824 g/mol. The summed E-state index contributed by atoms with van der Waals surface area (Å²) in [5, 5.41) is 85.4. The van der Waals surface area contributed by atoms with E-state index in [4.69, 9.17) is 26.7 Å². The topological polar surface area (TPSA) is 450 Å². The van der Waals surface area contributed by atoms with Gasteiger partial charge in [0.05, 0.1) is 31.7 Å². The maximum atomic E-state index is 13.1. The minimum atomic E-state index is -2.45. The highest BCUT2D eigenvalue weighted by Crippen LogP contribution is 2.38. The number of imide groups is 2. The van der Waals surface area contributed by atoms with E-state index in [0.717, 1.165) is 29.0 Å². The fraction of sp³-hybridized carbons (Fsp3) is 0.548. The molecule has 5 amide bonds. The number of carbonyl (C=O) groups is 4. The molecule has 4 unspecified atom stereocenters. The number of nitrogens with one attached hydrogen (secondary N) is 3. The summed E-state index contributed by atoms with van der Waals surface area (Å²) in [7, 11) is 0. The van der Waals surface area contributed by atoms with Crippen LogP contribution in [0, 0.1) is 0 Å². The van der Waals surface area contributed by atoms with Crippen LogP contribution >= 0.6 is 11.8 Å². The first-order valence-corrected chi connectivity index (χ1v) is 18.9. The molecule has 4 aromatic rings. The molecule has 2 fully saturated rings. The van der Waals surface area contributed by atoms with Crippen LogP contribution in [0.15, 0.2) is 24.1 Å². The Balaban J connectivity index is 0.000000228. The standard InChI is InChI=1S/C16H23N7O7S.C15H21N7O7/c1-5(25)7(17)13(28)22-15(29)19-11-8-12(21-16(20-11)31-2)23(4-18-8)14-10(27)9(26)6(3-24)30-14;1-5(24)7(16)13(27)21-14(28)15(10(26)9(25)6(2-23)29-15)22-4-20-8-11(17)18-3-19-12(8)22/h4-7,9-10,14,24-27H,3,17H2,1-2H3,(H2,19,20,21,22,28,29);3-7,9-10,23-26H,2,16H2,1H3,(H2,17,18,19)(H,21,27,28)/t5?,6-,7?,9-,10-,14-;5?,6-,7?,9-,10-,15+/m11/s1. The average molecular weight is 869 g/mol. The number of thioether (sulfide) groups is 1. The SMILES string of the molecule is CC(O)C(N)C(=O)NC(=O)[C@@]1(n2cnc3c(N)ncnc32)O[C@H](CO)[C@@H](O)[C@H]1O.CSc1nc(NC(=O)NC(=O)C(N)C(C)O)c2ncn([C@@H]3O[C@H](CO)[C@@H](O)[C@H]3O)c2n1. The van der Waals surface area contributed by atoms with Crippen molar-refractivity contribution in [3.8, 4) is 0 Å². The largest absolute Gasteiger partial charge is 0.394 e. The van der Waals surface area contributed by atoms with E-state index in [2.05, 4.69) is 35.2 Å². The van der Waals surface area contributed by atoms with Gasteiger partial charge in [-0.2, -0.15) is 0 Å². The van der Waals surface area contributed by atoms with Gasteiger partial charge in [-0.15, -0.1) is 0 Å². The van der Waals surface area contributed by atoms with Crippen molar-refractivity contribution in [1.29, 1.82) is 0 Å². The fourth-order valence-electron chi connectivity index (χ4n) is 5.97. The van der Waals surface area contributed by atoms with E-state index in [0.29, 0.717) is 0 Å². The molecule has 2 saturated heterocycles. The van der Waals surface area contributed by atoms with Crippen LogP contribution < -0.4 is 33.2 Å². The number of nitrogen functional groups attached to an aromatic ring is 1. The predicted molar refractivity (Wildman–Crippen MR) is 201 cm³/mol. The molecule has 0 aliphatic carbocycles. The number of ether oxygens (including phenoxy) is 2. The van der Waals surface area contributed by atoms with Gasteiger partial charge in [0.1, 0.15) is 66.9 Å². The maximum absolute atomic E-state index is 13.1. The predicted octanol–water partition coefficient (Wildman–Crippen LogP) is -6.96. The Morgan fingerprint density at radius 3 is 2.03 bits per heavy atom. The van der Waals surface area contributed by atoms with Gasteiger partial charge in [0.25, 0.3) is 11.6 Å². The van der Waals surface area contributed by atoms with E-state index < -0.39 is 110 Å². The van der Waals surface area contributed by atoms with Crippen molar-refractivity contribution in [2.45, 2.75) is 91.9 Å². The van der Waals surface area contributed by atoms with E-state index in [1.807, 2.05) is 10.6 Å². The van der Waals surface area contributed by atoms with Crippen LogP contribution in [0.5, 0.6) is 0 Å². The summed E-state index contributed by atoms with van der Waals surface area (Å²) in [5.41, 5.74) is 14.7. The van der Waals surface area contributed by atoms with Gasteiger partial charge in [-0.25, -0.2) is 34.7 Å². The van der Waals surface area contributed by atoms with Crippen molar-refractivity contribution in [2.75, 3.05) is 30.5 Å². The number of aliphatic hydroxyl groups excluding tert-OH is 8. The van der Waals surface area contributed by atoms with Crippen molar-refractivity contribution in [3.05, 3.63) is 19.0 Å². The molecule has 60 heavy (non-hydrogen) atoms. The third kappa shape index (κ3) is 8.69. The lowest BCUT2D eigenvalue weighted by Gasteiger charge is -2.32. The van der Waals surface area contributed by atoms with Crippen LogP contribution in [0.2, 0.25) is 0 Å². The number of hydrogen-bond donors (Lipinski definition) is 14. The summed E-state index contributed by atoms with van der Waals surface area (Å²) < 4.78 is 13.3. The quantitative estimate of drug-likeness (QED) is 0.0492. The summed E-state index contributed by atoms with van der Waals surface area (Å²) in [6.07, 6.45) is -7.07. The number of fused-ring (bicyclic) bond motifs is 2. The van der Waals surface area contributed by atoms with Gasteiger partial charge in [0, 0.05) is 0 Å². The molecule has 12 atom stereocenters. The fourth-order valence-corrected chi connectivity index (χ4v) is 6.33. The minimum absolute atomic E-state index is 0.0248. The van der Waals surface area contributed by atoms with Crippen molar-refractivity contribution in [1.82, 2.24) is 49.7 Å². The second-order valence-corrected chi connectivity index (χ2v) is 14.2. The van der Waals surface area contributed by atoms with E-state index >= 15 is 0 Å². The number of aromatic nitrogens is 8. The molecule has 0 radical (unpaired) electrons. The molecule has 6 heterocycles.